The summed E-state index contributed by atoms with van der Waals surface area (Å²) in [5.41, 5.74) is 0.846. The van der Waals surface area contributed by atoms with Gasteiger partial charge in [0, 0.05) is 24.2 Å². The molecule has 0 radical (unpaired) electrons. The van der Waals surface area contributed by atoms with Gasteiger partial charge in [0.25, 0.3) is 5.91 Å². The van der Waals surface area contributed by atoms with Crippen LogP contribution in [0.25, 0.3) is 0 Å². The number of nitrogens with one attached hydrogen (secondary N) is 2. The van der Waals surface area contributed by atoms with E-state index in [1.54, 1.807) is 42.5 Å². The molecule has 9 heteroatoms. The normalized spacial score (nSPS) is 10.8. The molecule has 3 aromatic carbocycles. The van der Waals surface area contributed by atoms with Crippen LogP contribution in [0, 0.1) is 11.3 Å². The van der Waals surface area contributed by atoms with E-state index in [0.717, 1.165) is 0 Å². The molecule has 0 aliphatic carbocycles. The van der Waals surface area contributed by atoms with Crippen LogP contribution in [0.5, 0.6) is 11.5 Å². The Balaban J connectivity index is 1.62. The van der Waals surface area contributed by atoms with Crippen molar-refractivity contribution in [2.24, 2.45) is 0 Å². The second-order valence-corrected chi connectivity index (χ2v) is 8.52. The molecule has 3 aromatic rings. The van der Waals surface area contributed by atoms with Crippen LogP contribution in [0.4, 0.5) is 5.69 Å². The van der Waals surface area contributed by atoms with E-state index in [-0.39, 0.29) is 23.8 Å². The summed E-state index contributed by atoms with van der Waals surface area (Å²) in [6.45, 7) is 0.0251. The second-order valence-electron chi connectivity index (χ2n) is 6.34. The minimum absolute atomic E-state index is 0.0167. The highest BCUT2D eigenvalue weighted by atomic mass is 35.5. The predicted molar refractivity (Wildman–Crippen MR) is 118 cm³/mol. The number of para-hydroxylation sites is 1. The minimum Gasteiger partial charge on any atom is -0.456 e. The van der Waals surface area contributed by atoms with Gasteiger partial charge in [-0.2, -0.15) is 5.26 Å². The van der Waals surface area contributed by atoms with Gasteiger partial charge in [-0.3, -0.25) is 4.79 Å². The average molecular weight is 456 g/mol. The van der Waals surface area contributed by atoms with Gasteiger partial charge in [-0.15, -0.1) is 0 Å². The van der Waals surface area contributed by atoms with Gasteiger partial charge in [0.1, 0.15) is 11.5 Å². The third kappa shape index (κ3) is 6.06. The maximum Gasteiger partial charge on any atom is 0.255 e. The SMILES string of the molecule is N#CCCNS(=O)(=O)c1ccc(C(=O)Nc2ccc(Oc3ccccc3Cl)cc2)cc1. The summed E-state index contributed by atoms with van der Waals surface area (Å²) in [6.07, 6.45) is 0.0714. The standard InChI is InChI=1S/C22H18ClN3O4S/c23-20-4-1-2-5-21(20)30-18-10-8-17(9-11-18)26-22(27)16-6-12-19(13-7-16)31(28,29)25-15-3-14-24/h1-2,4-13,25H,3,15H2,(H,26,27). The van der Waals surface area contributed by atoms with Crippen molar-refractivity contribution in [2.75, 3.05) is 11.9 Å². The summed E-state index contributed by atoms with van der Waals surface area (Å²) in [5.74, 6) is 0.698. The lowest BCUT2D eigenvalue weighted by Gasteiger charge is -2.10. The molecule has 0 unspecified atom stereocenters. The number of halogens is 1. The van der Waals surface area contributed by atoms with E-state index in [1.165, 1.54) is 24.3 Å². The maximum atomic E-state index is 12.4. The molecule has 158 valence electrons. The Kier molecular flexibility index (Phi) is 7.26. The molecule has 0 aliphatic rings. The second kappa shape index (κ2) is 10.1. The Morgan fingerprint density at radius 3 is 2.32 bits per heavy atom. The van der Waals surface area contributed by atoms with Crippen LogP contribution < -0.4 is 14.8 Å². The molecule has 0 bridgehead atoms. The Bertz CT molecular complexity index is 1200. The van der Waals surface area contributed by atoms with Crippen LogP contribution in [-0.4, -0.2) is 20.9 Å². The fourth-order valence-corrected chi connectivity index (χ4v) is 3.78. The Morgan fingerprint density at radius 1 is 1.00 bits per heavy atom. The van der Waals surface area contributed by atoms with Gasteiger partial charge < -0.3 is 10.1 Å². The molecule has 1 amide bonds. The van der Waals surface area contributed by atoms with E-state index in [4.69, 9.17) is 21.6 Å². The lowest BCUT2D eigenvalue weighted by atomic mass is 10.2. The topological polar surface area (TPSA) is 108 Å². The van der Waals surface area contributed by atoms with Gasteiger partial charge >= 0.3 is 0 Å². The van der Waals surface area contributed by atoms with E-state index in [2.05, 4.69) is 10.0 Å². The van der Waals surface area contributed by atoms with Crippen molar-refractivity contribution in [3.8, 4) is 17.6 Å². The largest absolute Gasteiger partial charge is 0.456 e. The highest BCUT2D eigenvalue weighted by Gasteiger charge is 2.14. The number of nitrogens with zero attached hydrogens (tertiary/aromatic N) is 1. The van der Waals surface area contributed by atoms with Crippen LogP contribution in [0.1, 0.15) is 16.8 Å². The molecule has 0 aromatic heterocycles. The van der Waals surface area contributed by atoms with Crippen LogP contribution in [-0.2, 0) is 10.0 Å². The van der Waals surface area contributed by atoms with Crippen molar-refractivity contribution in [3.63, 3.8) is 0 Å². The number of amides is 1. The van der Waals surface area contributed by atoms with E-state index in [9.17, 15) is 13.2 Å². The molecule has 0 aliphatic heterocycles. The third-order valence-electron chi connectivity index (χ3n) is 4.13. The third-order valence-corrected chi connectivity index (χ3v) is 5.92. The van der Waals surface area contributed by atoms with Gasteiger partial charge in [-0.05, 0) is 60.7 Å². The summed E-state index contributed by atoms with van der Waals surface area (Å²) in [4.78, 5) is 12.5. The first kappa shape index (κ1) is 22.3. The Morgan fingerprint density at radius 2 is 1.68 bits per heavy atom. The first-order valence-electron chi connectivity index (χ1n) is 9.19. The van der Waals surface area contributed by atoms with Gasteiger partial charge in [0.05, 0.1) is 16.0 Å². The van der Waals surface area contributed by atoms with Crippen molar-refractivity contribution in [1.29, 1.82) is 5.26 Å². The quantitative estimate of drug-likeness (QED) is 0.483. The Hall–Kier alpha value is -3.38. The summed E-state index contributed by atoms with van der Waals surface area (Å²) in [6, 6.07) is 21.2. The number of carbonyl (C=O) groups is 1. The molecule has 2 N–H and O–H groups in total. The van der Waals surface area contributed by atoms with Crippen LogP contribution in [0.15, 0.2) is 77.7 Å². The van der Waals surface area contributed by atoms with Crippen molar-refractivity contribution in [3.05, 3.63) is 83.4 Å². The van der Waals surface area contributed by atoms with Crippen LogP contribution >= 0.6 is 11.6 Å². The first-order valence-corrected chi connectivity index (χ1v) is 11.1. The summed E-state index contributed by atoms with van der Waals surface area (Å²) in [5, 5.41) is 11.7. The number of nitriles is 1. The van der Waals surface area contributed by atoms with Crippen molar-refractivity contribution in [1.82, 2.24) is 4.72 Å². The zero-order valence-electron chi connectivity index (χ0n) is 16.2. The number of ether oxygens (including phenoxy) is 1. The Labute approximate surface area is 185 Å². The molecule has 0 atom stereocenters. The zero-order chi connectivity index (χ0) is 22.3. The summed E-state index contributed by atoms with van der Waals surface area (Å²) in [7, 11) is -3.72. The molecule has 0 spiro atoms. The number of sulfonamides is 1. The summed E-state index contributed by atoms with van der Waals surface area (Å²) >= 11 is 6.08. The fourth-order valence-electron chi connectivity index (χ4n) is 2.57. The van der Waals surface area contributed by atoms with E-state index < -0.39 is 10.0 Å². The average Bonchev–Trinajstić information content (AvgIpc) is 2.77. The monoisotopic (exact) mass is 455 g/mol. The molecule has 0 heterocycles. The minimum atomic E-state index is -3.72. The number of anilines is 1. The molecule has 0 fully saturated rings. The van der Waals surface area contributed by atoms with E-state index in [1.807, 2.05) is 12.1 Å². The fraction of sp³-hybridized carbons (Fsp3) is 0.0909. The highest BCUT2D eigenvalue weighted by Crippen LogP contribution is 2.29. The van der Waals surface area contributed by atoms with Crippen LogP contribution in [0.3, 0.4) is 0 Å². The number of hydrogen-bond acceptors (Lipinski definition) is 5. The van der Waals surface area contributed by atoms with E-state index in [0.29, 0.717) is 27.8 Å². The van der Waals surface area contributed by atoms with Gasteiger partial charge in [-0.25, -0.2) is 13.1 Å². The molecule has 7 nitrogen and oxygen atoms in total. The predicted octanol–water partition coefficient (Wildman–Crippen LogP) is 4.58. The van der Waals surface area contributed by atoms with Crippen molar-refractivity contribution >= 4 is 33.2 Å². The van der Waals surface area contributed by atoms with Crippen molar-refractivity contribution < 1.29 is 17.9 Å². The van der Waals surface area contributed by atoms with Crippen LogP contribution in [0.2, 0.25) is 5.02 Å². The van der Waals surface area contributed by atoms with Crippen molar-refractivity contribution in [2.45, 2.75) is 11.3 Å². The smallest absolute Gasteiger partial charge is 0.255 e. The first-order chi connectivity index (χ1) is 14.9. The zero-order valence-corrected chi connectivity index (χ0v) is 17.8. The molecule has 3 rings (SSSR count). The van der Waals surface area contributed by atoms with E-state index >= 15 is 0 Å². The lowest BCUT2D eigenvalue weighted by molar-refractivity contribution is 0.102. The number of benzene rings is 3. The molecule has 0 saturated carbocycles. The van der Waals surface area contributed by atoms with Gasteiger partial charge in [0.2, 0.25) is 10.0 Å². The number of rotatable bonds is 8. The van der Waals surface area contributed by atoms with Gasteiger partial charge in [0.15, 0.2) is 0 Å². The molecular weight excluding hydrogens is 438 g/mol. The lowest BCUT2D eigenvalue weighted by Crippen LogP contribution is -2.24. The molecule has 0 saturated heterocycles. The van der Waals surface area contributed by atoms with Gasteiger partial charge in [-0.1, -0.05) is 23.7 Å². The highest BCUT2D eigenvalue weighted by molar-refractivity contribution is 7.89. The summed E-state index contributed by atoms with van der Waals surface area (Å²) < 4.78 is 32.3. The molecular formula is C22H18ClN3O4S. The number of carbonyl (C=O) groups excluding carboxylic acids is 1. The maximum absolute atomic E-state index is 12.4. The molecule has 31 heavy (non-hydrogen) atoms. The number of hydrogen-bond donors (Lipinski definition) is 2.